The molecular formula is C32H42ClN2O5PS. The lowest BCUT2D eigenvalue weighted by molar-refractivity contribution is -0.136. The highest BCUT2D eigenvalue weighted by Crippen LogP contribution is 2.60. The molecule has 2 aliphatic rings. The van der Waals surface area contributed by atoms with Crippen molar-refractivity contribution in [3.63, 3.8) is 0 Å². The summed E-state index contributed by atoms with van der Waals surface area (Å²) in [5, 5.41) is 6.47. The minimum atomic E-state index is -3.74. The van der Waals surface area contributed by atoms with Crippen LogP contribution in [0.2, 0.25) is 5.02 Å². The third kappa shape index (κ3) is 6.25. The summed E-state index contributed by atoms with van der Waals surface area (Å²) < 4.78 is 25.2. The average Bonchev–Trinajstić information content (AvgIpc) is 2.93. The summed E-state index contributed by atoms with van der Waals surface area (Å²) in [5.74, 6) is -1.03. The van der Waals surface area contributed by atoms with E-state index in [0.717, 1.165) is 29.5 Å². The first-order valence-corrected chi connectivity index (χ1v) is 17.1. The fourth-order valence-corrected chi connectivity index (χ4v) is 9.15. The predicted molar refractivity (Wildman–Crippen MR) is 171 cm³/mol. The molecule has 1 unspecified atom stereocenters. The summed E-state index contributed by atoms with van der Waals surface area (Å²) in [6, 6.07) is 13.1. The van der Waals surface area contributed by atoms with Gasteiger partial charge in [-0.05, 0) is 91.0 Å². The Bertz CT molecular complexity index is 1390. The van der Waals surface area contributed by atoms with Gasteiger partial charge in [0.25, 0.3) is 0 Å². The Labute approximate surface area is 260 Å². The van der Waals surface area contributed by atoms with E-state index in [2.05, 4.69) is 43.5 Å². The molecule has 1 amide bonds. The number of thiocarbonyl (C=S) groups is 1. The standard InChI is InChI=1S/C32H42ClN2O5PS/c1-7-39-41(38,40-8-2)28(21-10-13-23(33)14-11-21)34-30(42)35-29(37)32(6)17-9-16-31(5)25-15-12-22(20(3)4)18-24(25)26(36)19-27(31)32/h10-15,18,20,27-28H,7-9,16-17,19H2,1-6H3,(H2,34,35,37,42)/t27-,28?,31-,32-/m1/s1. The maximum absolute atomic E-state index is 14.1. The lowest BCUT2D eigenvalue weighted by Gasteiger charge is -2.54. The summed E-state index contributed by atoms with van der Waals surface area (Å²) in [6.45, 7) is 12.2. The number of carbonyl (C=O) groups is 2. The third-order valence-electron chi connectivity index (χ3n) is 9.08. The van der Waals surface area contributed by atoms with Crippen LogP contribution in [0.15, 0.2) is 42.5 Å². The Morgan fingerprint density at radius 3 is 2.29 bits per heavy atom. The van der Waals surface area contributed by atoms with Crippen LogP contribution in [0.5, 0.6) is 0 Å². The molecule has 0 aliphatic heterocycles. The monoisotopic (exact) mass is 632 g/mol. The van der Waals surface area contributed by atoms with Crippen LogP contribution in [0.1, 0.15) is 106 Å². The Hall–Kier alpha value is -2.09. The van der Waals surface area contributed by atoms with Crippen LogP contribution >= 0.6 is 31.4 Å². The van der Waals surface area contributed by atoms with Gasteiger partial charge < -0.3 is 19.7 Å². The van der Waals surface area contributed by atoms with Gasteiger partial charge in [0.2, 0.25) is 5.91 Å². The maximum atomic E-state index is 14.1. The van der Waals surface area contributed by atoms with Crippen molar-refractivity contribution in [2.45, 2.75) is 84.3 Å². The summed E-state index contributed by atoms with van der Waals surface area (Å²) in [5.41, 5.74) is 2.38. The van der Waals surface area contributed by atoms with Gasteiger partial charge in [0.05, 0.1) is 18.6 Å². The smallest absolute Gasteiger partial charge is 0.345 e. The number of fused-ring (bicyclic) bond motifs is 3. The normalized spacial score (nSPS) is 24.5. The molecule has 42 heavy (non-hydrogen) atoms. The number of benzene rings is 2. The highest BCUT2D eigenvalue weighted by molar-refractivity contribution is 7.80. The minimum Gasteiger partial charge on any atom is -0.345 e. The van der Waals surface area contributed by atoms with Crippen LogP contribution in [-0.4, -0.2) is 30.0 Å². The van der Waals surface area contributed by atoms with E-state index in [4.69, 9.17) is 32.9 Å². The van der Waals surface area contributed by atoms with E-state index < -0.39 is 18.8 Å². The van der Waals surface area contributed by atoms with Gasteiger partial charge in [0, 0.05) is 17.0 Å². The van der Waals surface area contributed by atoms with Gasteiger partial charge in [-0.15, -0.1) is 0 Å². The van der Waals surface area contributed by atoms with Crippen molar-refractivity contribution in [2.24, 2.45) is 11.3 Å². The van der Waals surface area contributed by atoms with Gasteiger partial charge in [-0.25, -0.2) is 0 Å². The number of hydrogen-bond donors (Lipinski definition) is 2. The van der Waals surface area contributed by atoms with E-state index in [9.17, 15) is 14.2 Å². The molecule has 4 atom stereocenters. The number of carbonyl (C=O) groups excluding carboxylic acids is 2. The van der Waals surface area contributed by atoms with Crippen LogP contribution in [0.25, 0.3) is 0 Å². The molecule has 0 radical (unpaired) electrons. The second kappa shape index (κ2) is 12.9. The molecule has 4 rings (SSSR count). The van der Waals surface area contributed by atoms with Crippen LogP contribution in [-0.2, 0) is 23.8 Å². The van der Waals surface area contributed by atoms with Crippen LogP contribution in [0, 0.1) is 11.3 Å². The van der Waals surface area contributed by atoms with Crippen LogP contribution < -0.4 is 10.6 Å². The summed E-state index contributed by atoms with van der Waals surface area (Å²) >= 11 is 11.7. The molecule has 2 N–H and O–H groups in total. The first-order valence-electron chi connectivity index (χ1n) is 14.7. The number of ketones is 1. The first kappa shape index (κ1) is 32.8. The molecular weight excluding hydrogens is 591 g/mol. The molecule has 0 spiro atoms. The molecule has 0 saturated heterocycles. The topological polar surface area (TPSA) is 93.7 Å². The van der Waals surface area contributed by atoms with Crippen molar-refractivity contribution in [1.82, 2.24) is 10.6 Å². The third-order valence-corrected chi connectivity index (χ3v) is 11.8. The Balaban J connectivity index is 1.61. The molecule has 2 aliphatic carbocycles. The van der Waals surface area contributed by atoms with Crippen molar-refractivity contribution in [3.05, 3.63) is 69.7 Å². The van der Waals surface area contributed by atoms with Gasteiger partial charge in [-0.3, -0.25) is 14.2 Å². The molecule has 0 heterocycles. The van der Waals surface area contributed by atoms with Crippen molar-refractivity contribution in [3.8, 4) is 0 Å². The average molecular weight is 633 g/mol. The summed E-state index contributed by atoms with van der Waals surface area (Å²) in [4.78, 5) is 27.6. The zero-order valence-electron chi connectivity index (χ0n) is 25.3. The lowest BCUT2D eigenvalue weighted by atomic mass is 9.49. The minimum absolute atomic E-state index is 0.0113. The van der Waals surface area contributed by atoms with Gasteiger partial charge in [0.15, 0.2) is 16.7 Å². The lowest BCUT2D eigenvalue weighted by Crippen LogP contribution is -2.57. The highest BCUT2D eigenvalue weighted by Gasteiger charge is 2.57. The van der Waals surface area contributed by atoms with Crippen molar-refractivity contribution in [2.75, 3.05) is 13.2 Å². The van der Waals surface area contributed by atoms with E-state index in [0.29, 0.717) is 29.3 Å². The van der Waals surface area contributed by atoms with E-state index in [-0.39, 0.29) is 41.3 Å². The van der Waals surface area contributed by atoms with E-state index in [1.165, 1.54) is 0 Å². The molecule has 10 heteroatoms. The van der Waals surface area contributed by atoms with Crippen LogP contribution in [0.4, 0.5) is 0 Å². The van der Waals surface area contributed by atoms with Gasteiger partial charge in [0.1, 0.15) is 0 Å². The van der Waals surface area contributed by atoms with Crippen molar-refractivity contribution >= 4 is 48.2 Å². The predicted octanol–water partition coefficient (Wildman–Crippen LogP) is 8.07. The molecule has 1 saturated carbocycles. The second-order valence-electron chi connectivity index (χ2n) is 12.1. The number of amides is 1. The molecule has 228 valence electrons. The SMILES string of the molecule is CCOP(=O)(OCC)C(NC(=S)NC(=O)[C@]1(C)CCC[C@]2(C)c3ccc(C(C)C)cc3C(=O)C[C@@H]12)c1ccc(Cl)cc1. The molecule has 0 aromatic heterocycles. The van der Waals surface area contributed by atoms with E-state index >= 15 is 0 Å². The maximum Gasteiger partial charge on any atom is 0.357 e. The number of halogens is 1. The number of Topliss-reactive ketones (excluding diaryl/α,β-unsaturated/α-hetero) is 1. The molecule has 7 nitrogen and oxygen atoms in total. The second-order valence-corrected chi connectivity index (χ2v) is 15.0. The Kier molecular flexibility index (Phi) is 10.1. The highest BCUT2D eigenvalue weighted by atomic mass is 35.5. The molecule has 0 bridgehead atoms. The molecule has 2 aromatic carbocycles. The fraction of sp³-hybridized carbons (Fsp3) is 0.531. The number of nitrogens with one attached hydrogen (secondary N) is 2. The Morgan fingerprint density at radius 1 is 1.07 bits per heavy atom. The van der Waals surface area contributed by atoms with Crippen molar-refractivity contribution < 1.29 is 23.2 Å². The number of hydrogen-bond acceptors (Lipinski definition) is 6. The molecule has 2 aromatic rings. The quantitative estimate of drug-likeness (QED) is 0.213. The van der Waals surface area contributed by atoms with Gasteiger partial charge in [-0.2, -0.15) is 0 Å². The molecule has 1 fully saturated rings. The summed E-state index contributed by atoms with van der Waals surface area (Å²) in [6.07, 6.45) is 2.67. The fourth-order valence-electron chi connectivity index (χ4n) is 6.81. The van der Waals surface area contributed by atoms with E-state index in [1.54, 1.807) is 38.1 Å². The largest absolute Gasteiger partial charge is 0.357 e. The summed E-state index contributed by atoms with van der Waals surface area (Å²) in [7, 11) is -3.74. The van der Waals surface area contributed by atoms with Crippen molar-refractivity contribution in [1.29, 1.82) is 0 Å². The Morgan fingerprint density at radius 2 is 1.69 bits per heavy atom. The van der Waals surface area contributed by atoms with E-state index in [1.807, 2.05) is 13.0 Å². The van der Waals surface area contributed by atoms with Gasteiger partial charge >= 0.3 is 7.60 Å². The first-order chi connectivity index (χ1) is 19.8. The van der Waals surface area contributed by atoms with Gasteiger partial charge in [-0.1, -0.05) is 70.0 Å². The van der Waals surface area contributed by atoms with Crippen LogP contribution in [0.3, 0.4) is 0 Å². The zero-order valence-corrected chi connectivity index (χ0v) is 27.8. The zero-order chi connectivity index (χ0) is 30.9. The number of rotatable bonds is 9.